The molecule has 0 saturated carbocycles. The van der Waals surface area contributed by atoms with Crippen molar-refractivity contribution in [1.82, 2.24) is 0 Å². The highest BCUT2D eigenvalue weighted by Crippen LogP contribution is 1.98. The molecule has 0 amide bonds. The number of carboxylic acid groups (broad SMARTS) is 7. The lowest BCUT2D eigenvalue weighted by molar-refractivity contribution is -0.139. The molecule has 0 heterocycles. The topological polar surface area (TPSA) is 261 Å². The Bertz CT molecular complexity index is 404. The van der Waals surface area contributed by atoms with Crippen molar-refractivity contribution in [3.8, 4) is 0 Å². The van der Waals surface area contributed by atoms with Gasteiger partial charge in [0.1, 0.15) is 0 Å². The average Bonchev–Trinajstić information content (AvgIpc) is 2.40. The quantitative estimate of drug-likeness (QED) is 0.292. The molecule has 0 aromatic heterocycles. The Hall–Kier alpha value is -3.71. The van der Waals surface area contributed by atoms with Gasteiger partial charge < -0.3 is 35.7 Å². The SMILES string of the molecule is CC(=O)O.CC(=O)O.CC(=O)O.CC(=O)O.CC(=O)O.O=C(O)CCCCC(=O)O. The van der Waals surface area contributed by atoms with Crippen molar-refractivity contribution in [2.75, 3.05) is 0 Å². The predicted molar refractivity (Wildman–Crippen MR) is 100 cm³/mol. The lowest BCUT2D eigenvalue weighted by Crippen LogP contribution is -1.97. The molecule has 14 nitrogen and oxygen atoms in total. The maximum Gasteiger partial charge on any atom is 0.303 e. The summed E-state index contributed by atoms with van der Waals surface area (Å²) in [6.07, 6.45) is 1.02. The van der Waals surface area contributed by atoms with Crippen LogP contribution in [0.1, 0.15) is 60.3 Å². The highest BCUT2D eigenvalue weighted by atomic mass is 16.4. The molecule has 0 atom stereocenters. The van der Waals surface area contributed by atoms with Gasteiger partial charge in [0.2, 0.25) is 0 Å². The van der Waals surface area contributed by atoms with E-state index in [1.54, 1.807) is 0 Å². The van der Waals surface area contributed by atoms with Crippen molar-refractivity contribution >= 4 is 41.8 Å². The van der Waals surface area contributed by atoms with E-state index in [0.717, 1.165) is 34.6 Å². The van der Waals surface area contributed by atoms with Gasteiger partial charge in [0.15, 0.2) is 0 Å². The zero-order valence-electron chi connectivity index (χ0n) is 17.3. The third kappa shape index (κ3) is 1220. The first kappa shape index (κ1) is 40.8. The minimum atomic E-state index is -0.870. The zero-order valence-corrected chi connectivity index (χ0v) is 17.3. The van der Waals surface area contributed by atoms with Gasteiger partial charge in [-0.1, -0.05) is 0 Å². The molecule has 178 valence electrons. The molecular weight excluding hydrogens is 416 g/mol. The summed E-state index contributed by atoms with van der Waals surface area (Å²) >= 11 is 0. The number of rotatable bonds is 5. The molecule has 0 bridgehead atoms. The van der Waals surface area contributed by atoms with Gasteiger partial charge in [0.25, 0.3) is 29.8 Å². The van der Waals surface area contributed by atoms with Crippen LogP contribution in [-0.2, 0) is 33.6 Å². The van der Waals surface area contributed by atoms with Crippen molar-refractivity contribution in [2.45, 2.75) is 60.3 Å². The summed E-state index contributed by atoms with van der Waals surface area (Å²) in [4.78, 5) is 64.8. The summed E-state index contributed by atoms with van der Waals surface area (Å²) < 4.78 is 0. The fraction of sp³-hybridized carbons (Fsp3) is 0.562. The van der Waals surface area contributed by atoms with Crippen LogP contribution in [0.3, 0.4) is 0 Å². The molecule has 0 spiro atoms. The van der Waals surface area contributed by atoms with Gasteiger partial charge in [0, 0.05) is 47.5 Å². The fourth-order valence-electron chi connectivity index (χ4n) is 0.552. The first-order chi connectivity index (χ1) is 13.3. The predicted octanol–water partition coefficient (Wildman–Crippen LogP) is 1.17. The van der Waals surface area contributed by atoms with Gasteiger partial charge in [-0.25, -0.2) is 0 Å². The van der Waals surface area contributed by atoms with Gasteiger partial charge in [-0.05, 0) is 12.8 Å². The third-order valence-corrected chi connectivity index (χ3v) is 1.03. The highest BCUT2D eigenvalue weighted by molar-refractivity contribution is 5.68. The molecule has 0 aromatic carbocycles. The molecule has 0 aliphatic heterocycles. The lowest BCUT2D eigenvalue weighted by Gasteiger charge is -1.92. The van der Waals surface area contributed by atoms with Gasteiger partial charge in [0.05, 0.1) is 0 Å². The number of carbonyl (C=O) groups is 7. The second-order valence-electron chi connectivity index (χ2n) is 4.59. The number of hydrogen-bond acceptors (Lipinski definition) is 7. The van der Waals surface area contributed by atoms with Crippen LogP contribution in [0, 0.1) is 0 Å². The molecule has 0 aliphatic rings. The van der Waals surface area contributed by atoms with Gasteiger partial charge in [-0.2, -0.15) is 0 Å². The molecule has 0 radical (unpaired) electrons. The second-order valence-corrected chi connectivity index (χ2v) is 4.59. The molecular formula is C16H30O14. The Kier molecular flexibility index (Phi) is 44.8. The molecule has 30 heavy (non-hydrogen) atoms. The van der Waals surface area contributed by atoms with E-state index in [4.69, 9.17) is 59.7 Å². The van der Waals surface area contributed by atoms with Crippen molar-refractivity contribution in [3.63, 3.8) is 0 Å². The second kappa shape index (κ2) is 32.9. The summed E-state index contributed by atoms with van der Waals surface area (Å²) in [7, 11) is 0. The summed E-state index contributed by atoms with van der Waals surface area (Å²) in [6.45, 7) is 5.42. The molecule has 0 saturated heterocycles. The standard InChI is InChI=1S/C6H10O4.5C2H4O2/c7-5(8)3-1-2-4-6(9)10;5*1-2(3)4/h1-4H2,(H,7,8)(H,9,10);5*1H3,(H,3,4). The molecule has 14 heteroatoms. The van der Waals surface area contributed by atoms with Crippen molar-refractivity contribution < 1.29 is 69.3 Å². The fourth-order valence-corrected chi connectivity index (χ4v) is 0.552. The van der Waals surface area contributed by atoms with Crippen LogP contribution >= 0.6 is 0 Å². The Labute approximate surface area is 172 Å². The third-order valence-electron chi connectivity index (χ3n) is 1.03. The molecule has 0 rings (SSSR count). The van der Waals surface area contributed by atoms with Crippen LogP contribution in [0.2, 0.25) is 0 Å². The molecule has 0 unspecified atom stereocenters. The van der Waals surface area contributed by atoms with Gasteiger partial charge >= 0.3 is 11.9 Å². The Morgan fingerprint density at radius 1 is 0.400 bits per heavy atom. The van der Waals surface area contributed by atoms with E-state index in [1.807, 2.05) is 0 Å². The average molecular weight is 446 g/mol. The van der Waals surface area contributed by atoms with Gasteiger partial charge in [-0.15, -0.1) is 0 Å². The van der Waals surface area contributed by atoms with E-state index in [2.05, 4.69) is 0 Å². The summed E-state index contributed by atoms with van der Waals surface area (Å²) in [6, 6.07) is 0. The van der Waals surface area contributed by atoms with Crippen molar-refractivity contribution in [2.24, 2.45) is 0 Å². The Balaban J connectivity index is -0.0000000616. The van der Waals surface area contributed by atoms with E-state index in [9.17, 15) is 9.59 Å². The van der Waals surface area contributed by atoms with Crippen LogP contribution in [0.5, 0.6) is 0 Å². The summed E-state index contributed by atoms with van der Waals surface area (Å²) in [5.74, 6) is -5.91. The minimum Gasteiger partial charge on any atom is -0.481 e. The molecule has 0 aromatic rings. The maximum atomic E-state index is 9.90. The Morgan fingerprint density at radius 2 is 0.500 bits per heavy atom. The monoisotopic (exact) mass is 446 g/mol. The smallest absolute Gasteiger partial charge is 0.303 e. The summed E-state index contributed by atoms with van der Waals surface area (Å²) in [5.41, 5.74) is 0. The zero-order chi connectivity index (χ0) is 25.9. The number of aliphatic carboxylic acids is 7. The maximum absolute atomic E-state index is 9.90. The van der Waals surface area contributed by atoms with Crippen LogP contribution in [0.4, 0.5) is 0 Å². The largest absolute Gasteiger partial charge is 0.481 e. The van der Waals surface area contributed by atoms with E-state index in [-0.39, 0.29) is 12.8 Å². The normalized spacial score (nSPS) is 7.23. The highest BCUT2D eigenvalue weighted by Gasteiger charge is 1.99. The molecule has 7 N–H and O–H groups in total. The first-order valence-electron chi connectivity index (χ1n) is 7.70. The van der Waals surface area contributed by atoms with Crippen LogP contribution < -0.4 is 0 Å². The lowest BCUT2D eigenvalue weighted by atomic mass is 10.2. The van der Waals surface area contributed by atoms with Gasteiger partial charge in [-0.3, -0.25) is 33.6 Å². The van der Waals surface area contributed by atoms with E-state index < -0.39 is 41.8 Å². The van der Waals surface area contributed by atoms with E-state index >= 15 is 0 Å². The minimum absolute atomic E-state index is 0.0628. The first-order valence-corrected chi connectivity index (χ1v) is 7.70. The van der Waals surface area contributed by atoms with Crippen LogP contribution in [0.25, 0.3) is 0 Å². The van der Waals surface area contributed by atoms with E-state index in [0.29, 0.717) is 12.8 Å². The number of hydrogen-bond donors (Lipinski definition) is 7. The van der Waals surface area contributed by atoms with Crippen LogP contribution in [-0.4, -0.2) is 77.5 Å². The van der Waals surface area contributed by atoms with Crippen molar-refractivity contribution in [3.05, 3.63) is 0 Å². The molecule has 0 aliphatic carbocycles. The Morgan fingerprint density at radius 3 is 0.567 bits per heavy atom. The van der Waals surface area contributed by atoms with Crippen molar-refractivity contribution in [1.29, 1.82) is 0 Å². The number of unbranched alkanes of at least 4 members (excludes halogenated alkanes) is 1. The summed E-state index contributed by atoms with van der Waals surface area (Å²) in [5, 5.41) is 53.3. The number of carboxylic acids is 7. The van der Waals surface area contributed by atoms with E-state index in [1.165, 1.54) is 0 Å². The molecule has 0 fully saturated rings. The van der Waals surface area contributed by atoms with Crippen LogP contribution in [0.15, 0.2) is 0 Å².